The molecule has 3 aliphatic rings. The summed E-state index contributed by atoms with van der Waals surface area (Å²) in [7, 11) is 1.42. The number of aliphatic hydroxyl groups is 1. The highest BCUT2D eigenvalue weighted by atomic mass is 19.1. The first-order chi connectivity index (χ1) is 27.2. The van der Waals surface area contributed by atoms with E-state index < -0.39 is 83.1 Å². The van der Waals surface area contributed by atoms with Gasteiger partial charge < -0.3 is 38.3 Å². The summed E-state index contributed by atoms with van der Waals surface area (Å²) < 4.78 is 49.8. The Hall–Kier alpha value is -3.53. The van der Waals surface area contributed by atoms with E-state index in [1.165, 1.54) is 18.9 Å². The standard InChI is InChI=1S/C43H65FN4O10/c1-12-16-31-43(10)34(48(40(53)58-43)20-14-13-19-47-23-46-37-30(47)17-15-18-45-37)27(6)32(49)25(4)22-41(8,54-11)36(28(7)35(51)42(9,44)39(52)56-31)57-38-33(50)29(24(2)3)21-26(5)55-38/h15,17-18,23-29,31,33-34,36,38,50H,12-14,16,19-22H2,1-11H3/t25-,26-,27-,28+,29-,31?,33-,34+,36?,38+,41-,42+,43-/m1/s1. The van der Waals surface area contributed by atoms with Gasteiger partial charge >= 0.3 is 12.1 Å². The molecule has 2 aromatic heterocycles. The third kappa shape index (κ3) is 8.83. The molecule has 1 N–H and O–H groups in total. The topological polar surface area (TPSA) is 169 Å². The number of imidazole rings is 1. The van der Waals surface area contributed by atoms with Crippen LogP contribution in [0.3, 0.4) is 0 Å². The lowest BCUT2D eigenvalue weighted by Crippen LogP contribution is -2.61. The number of unbranched alkanes of at least 4 members (excludes halogenated alkanes) is 1. The zero-order valence-corrected chi connectivity index (χ0v) is 36.1. The zero-order valence-electron chi connectivity index (χ0n) is 36.1. The SMILES string of the molecule is CCCC1OC(=O)[C@@](C)(F)C(=O)[C@H](C)C(O[C@@H]2O[C@H](C)C[C@H](C(C)C)[C@H]2O)[C@](C)(OC)C[C@@H](C)C(=O)[C@@H](C)[C@@H]2N(CCCCn3cnc4ncccc43)C(=O)O[C@]12C. The van der Waals surface area contributed by atoms with E-state index in [1.54, 1.807) is 40.2 Å². The lowest BCUT2D eigenvalue weighted by Gasteiger charge is -2.47. The number of carbonyl (C=O) groups is 4. The molecule has 2 unspecified atom stereocenters. The maximum absolute atomic E-state index is 17.0. The van der Waals surface area contributed by atoms with Gasteiger partial charge in [0.05, 0.1) is 35.7 Å². The van der Waals surface area contributed by atoms with E-state index in [0.717, 1.165) is 12.4 Å². The highest BCUT2D eigenvalue weighted by molar-refractivity contribution is 6.08. The molecule has 0 aromatic carbocycles. The molecule has 15 heteroatoms. The summed E-state index contributed by atoms with van der Waals surface area (Å²) in [6.45, 7) is 17.6. The van der Waals surface area contributed by atoms with E-state index in [0.29, 0.717) is 37.9 Å². The number of pyridine rings is 1. The number of halogens is 1. The van der Waals surface area contributed by atoms with Crippen molar-refractivity contribution < 1.29 is 52.4 Å². The first kappa shape index (κ1) is 45.6. The number of Topliss-reactive ketones (excluding diaryl/α,β-unsaturated/α-hetero) is 2. The number of carbonyl (C=O) groups excluding carboxylic acids is 4. The molecular formula is C43H65FN4O10. The van der Waals surface area contributed by atoms with Gasteiger partial charge in [-0.2, -0.15) is 0 Å². The first-order valence-corrected chi connectivity index (χ1v) is 21.0. The number of methoxy groups -OCH3 is 1. The minimum absolute atomic E-state index is 0.0126. The number of rotatable bonds is 11. The van der Waals surface area contributed by atoms with Crippen LogP contribution in [0.1, 0.15) is 108 Å². The Morgan fingerprint density at radius 1 is 1.03 bits per heavy atom. The maximum Gasteiger partial charge on any atom is 0.410 e. The van der Waals surface area contributed by atoms with Crippen LogP contribution < -0.4 is 0 Å². The Balaban J connectivity index is 1.51. The van der Waals surface area contributed by atoms with E-state index in [1.807, 2.05) is 44.4 Å². The van der Waals surface area contributed by atoms with Crippen molar-refractivity contribution in [2.24, 2.45) is 29.6 Å². The lowest BCUT2D eigenvalue weighted by molar-refractivity contribution is -0.299. The van der Waals surface area contributed by atoms with Gasteiger partial charge in [0.25, 0.3) is 5.67 Å². The number of aryl methyl sites for hydroxylation is 1. The van der Waals surface area contributed by atoms with Crippen molar-refractivity contribution in [1.82, 2.24) is 19.4 Å². The van der Waals surface area contributed by atoms with Gasteiger partial charge in [0.2, 0.25) is 0 Å². The molecule has 13 atom stereocenters. The molecule has 3 fully saturated rings. The number of aliphatic hydroxyl groups excluding tert-OH is 1. The number of alkyl halides is 1. The molecular weight excluding hydrogens is 751 g/mol. The second kappa shape index (κ2) is 18.0. The lowest BCUT2D eigenvalue weighted by atomic mass is 9.73. The van der Waals surface area contributed by atoms with Crippen LogP contribution in [0.4, 0.5) is 9.18 Å². The number of ketones is 2. The molecule has 14 nitrogen and oxygen atoms in total. The van der Waals surface area contributed by atoms with Crippen LogP contribution >= 0.6 is 0 Å². The summed E-state index contributed by atoms with van der Waals surface area (Å²) in [5.74, 6) is -5.81. The highest BCUT2D eigenvalue weighted by Crippen LogP contribution is 2.44. The number of aromatic nitrogens is 3. The molecule has 0 spiro atoms. The van der Waals surface area contributed by atoms with Gasteiger partial charge in [-0.15, -0.1) is 0 Å². The number of cyclic esters (lactones) is 1. The van der Waals surface area contributed by atoms with Crippen LogP contribution in [-0.2, 0) is 44.6 Å². The van der Waals surface area contributed by atoms with Crippen LogP contribution in [0.2, 0.25) is 0 Å². The fraction of sp³-hybridized carbons (Fsp3) is 0.767. The summed E-state index contributed by atoms with van der Waals surface area (Å²) in [5, 5.41) is 11.5. The average molecular weight is 817 g/mol. The molecule has 3 saturated heterocycles. The molecule has 0 radical (unpaired) electrons. The number of fused-ring (bicyclic) bond motifs is 2. The van der Waals surface area contributed by atoms with Gasteiger partial charge in [-0.05, 0) is 83.8 Å². The number of amides is 1. The third-order valence-corrected chi connectivity index (χ3v) is 13.1. The summed E-state index contributed by atoms with van der Waals surface area (Å²) in [6.07, 6.45) is 0.0746. The fourth-order valence-electron chi connectivity index (χ4n) is 9.69. The largest absolute Gasteiger partial charge is 0.455 e. The normalized spacial score (nSPS) is 38.1. The van der Waals surface area contributed by atoms with Crippen LogP contribution in [0.15, 0.2) is 24.7 Å². The smallest absolute Gasteiger partial charge is 0.410 e. The molecule has 3 aliphatic heterocycles. The monoisotopic (exact) mass is 816 g/mol. The van der Waals surface area contributed by atoms with Crippen molar-refractivity contribution >= 4 is 34.8 Å². The summed E-state index contributed by atoms with van der Waals surface area (Å²) >= 11 is 0. The first-order valence-electron chi connectivity index (χ1n) is 21.0. The summed E-state index contributed by atoms with van der Waals surface area (Å²) in [4.78, 5) is 67.2. The van der Waals surface area contributed by atoms with Gasteiger partial charge in [0.15, 0.2) is 23.3 Å². The van der Waals surface area contributed by atoms with Gasteiger partial charge in [-0.25, -0.2) is 23.9 Å². The van der Waals surface area contributed by atoms with E-state index in [4.69, 9.17) is 23.7 Å². The number of hydrogen-bond acceptors (Lipinski definition) is 12. The Morgan fingerprint density at radius 2 is 1.72 bits per heavy atom. The van der Waals surface area contributed by atoms with Crippen LogP contribution in [-0.4, -0.2) is 115 Å². The molecule has 5 heterocycles. The predicted molar refractivity (Wildman–Crippen MR) is 212 cm³/mol. The maximum atomic E-state index is 17.0. The number of hydrogen-bond donors (Lipinski definition) is 1. The van der Waals surface area contributed by atoms with Crippen molar-refractivity contribution in [1.29, 1.82) is 0 Å². The quantitative estimate of drug-likeness (QED) is 0.154. The molecule has 0 saturated carbocycles. The number of esters is 1. The second-order valence-corrected chi connectivity index (χ2v) is 17.8. The minimum Gasteiger partial charge on any atom is -0.455 e. The summed E-state index contributed by atoms with van der Waals surface area (Å²) in [6, 6.07) is 2.87. The molecule has 324 valence electrons. The Morgan fingerprint density at radius 3 is 2.38 bits per heavy atom. The number of nitrogens with zero attached hydrogens (tertiary/aromatic N) is 4. The Labute approximate surface area is 341 Å². The van der Waals surface area contributed by atoms with E-state index in [-0.39, 0.29) is 43.1 Å². The molecule has 0 bridgehead atoms. The second-order valence-electron chi connectivity index (χ2n) is 17.8. The van der Waals surface area contributed by atoms with Crippen LogP contribution in [0, 0.1) is 29.6 Å². The Kier molecular flexibility index (Phi) is 14.1. The van der Waals surface area contributed by atoms with Crippen LogP contribution in [0.5, 0.6) is 0 Å². The fourth-order valence-corrected chi connectivity index (χ4v) is 9.69. The minimum atomic E-state index is -3.17. The van der Waals surface area contributed by atoms with E-state index in [2.05, 4.69) is 9.97 Å². The zero-order chi connectivity index (χ0) is 42.9. The predicted octanol–water partition coefficient (Wildman–Crippen LogP) is 6.24. The molecule has 1 amide bonds. The van der Waals surface area contributed by atoms with Crippen molar-refractivity contribution in [3.63, 3.8) is 0 Å². The molecule has 0 aliphatic carbocycles. The van der Waals surface area contributed by atoms with Gasteiger partial charge in [-0.1, -0.05) is 48.0 Å². The summed E-state index contributed by atoms with van der Waals surface area (Å²) in [5.41, 5.74) is -4.66. The van der Waals surface area contributed by atoms with Crippen molar-refractivity contribution in [3.05, 3.63) is 24.7 Å². The Bertz CT molecular complexity index is 1790. The number of ether oxygens (including phenoxy) is 5. The average Bonchev–Trinajstić information content (AvgIpc) is 3.71. The van der Waals surface area contributed by atoms with E-state index >= 15 is 4.39 Å². The van der Waals surface area contributed by atoms with Gasteiger partial charge in [0.1, 0.15) is 18.0 Å². The molecule has 2 aromatic rings. The van der Waals surface area contributed by atoms with Gasteiger partial charge in [-0.3, -0.25) is 9.59 Å². The van der Waals surface area contributed by atoms with Crippen molar-refractivity contribution in [2.45, 2.75) is 168 Å². The van der Waals surface area contributed by atoms with Crippen LogP contribution in [0.25, 0.3) is 11.2 Å². The molecule has 58 heavy (non-hydrogen) atoms. The third-order valence-electron chi connectivity index (χ3n) is 13.1. The molecule has 5 rings (SSSR count). The highest BCUT2D eigenvalue weighted by Gasteiger charge is 2.62. The van der Waals surface area contributed by atoms with E-state index in [9.17, 15) is 24.3 Å². The van der Waals surface area contributed by atoms with Gasteiger partial charge in [0, 0.05) is 44.1 Å². The van der Waals surface area contributed by atoms with Crippen molar-refractivity contribution in [3.8, 4) is 0 Å². The van der Waals surface area contributed by atoms with Crippen molar-refractivity contribution in [2.75, 3.05) is 13.7 Å².